The van der Waals surface area contributed by atoms with Gasteiger partial charge in [-0.2, -0.15) is 0 Å². The predicted molar refractivity (Wildman–Crippen MR) is 104 cm³/mol. The number of H-pyrrole nitrogens is 1. The van der Waals surface area contributed by atoms with Crippen molar-refractivity contribution < 1.29 is 24.1 Å². The number of methoxy groups -OCH3 is 3. The Bertz CT molecular complexity index is 1020. The molecular weight excluding hydrogens is 360 g/mol. The van der Waals surface area contributed by atoms with Gasteiger partial charge in [0.1, 0.15) is 6.04 Å². The van der Waals surface area contributed by atoms with Crippen LogP contribution in [0.2, 0.25) is 0 Å². The van der Waals surface area contributed by atoms with Crippen molar-refractivity contribution in [3.63, 3.8) is 0 Å². The fraction of sp³-hybridized carbons (Fsp3) is 0.286. The molecule has 7 nitrogen and oxygen atoms in total. The average molecular weight is 382 g/mol. The second kappa shape index (κ2) is 7.09. The number of aromatic amines is 1. The van der Waals surface area contributed by atoms with Gasteiger partial charge in [0.05, 0.1) is 27.4 Å². The second-order valence-electron chi connectivity index (χ2n) is 6.72. The summed E-state index contributed by atoms with van der Waals surface area (Å²) in [5.74, 6) is 0.215. The molecule has 3 N–H and O–H groups in total. The van der Waals surface area contributed by atoms with Gasteiger partial charge in [-0.3, -0.25) is 10.1 Å². The molecule has 0 bridgehead atoms. The van der Waals surface area contributed by atoms with Crippen LogP contribution in [0.25, 0.3) is 10.9 Å². The standard InChI is InChI=1S/C21H22N2O5/c1-26-16-8-11(9-17(27-2)20(16)24)18-19-13(10-15(23-18)21(25)28-3)12-6-4-5-7-14(12)22-19/h4-9,15,18,22-24H,10H2,1-3H3/t15-,18-/m0/s1. The third-order valence-electron chi connectivity index (χ3n) is 5.23. The van der Waals surface area contributed by atoms with Gasteiger partial charge in [0, 0.05) is 23.0 Å². The highest BCUT2D eigenvalue weighted by Gasteiger charge is 2.35. The van der Waals surface area contributed by atoms with Crippen molar-refractivity contribution in [1.82, 2.24) is 10.3 Å². The molecule has 2 atom stereocenters. The van der Waals surface area contributed by atoms with E-state index in [9.17, 15) is 9.90 Å². The van der Waals surface area contributed by atoms with Crippen molar-refractivity contribution in [3.05, 3.63) is 53.2 Å². The number of esters is 1. The van der Waals surface area contributed by atoms with E-state index in [1.807, 2.05) is 24.3 Å². The summed E-state index contributed by atoms with van der Waals surface area (Å²) in [6, 6.07) is 10.7. The first-order chi connectivity index (χ1) is 13.6. The highest BCUT2D eigenvalue weighted by atomic mass is 16.5. The fourth-order valence-corrected chi connectivity index (χ4v) is 3.87. The van der Waals surface area contributed by atoms with Crippen molar-refractivity contribution in [3.8, 4) is 17.2 Å². The SMILES string of the molecule is COC(=O)[C@@H]1Cc2c([nH]c3ccccc23)[C@H](c2cc(OC)c(O)c(OC)c2)N1. The molecule has 0 spiro atoms. The lowest BCUT2D eigenvalue weighted by molar-refractivity contribution is -0.143. The molecule has 0 amide bonds. The summed E-state index contributed by atoms with van der Waals surface area (Å²) in [4.78, 5) is 15.8. The molecule has 0 saturated heterocycles. The molecule has 2 heterocycles. The third-order valence-corrected chi connectivity index (χ3v) is 5.23. The Morgan fingerprint density at radius 3 is 2.43 bits per heavy atom. The Labute approximate surface area is 162 Å². The number of nitrogens with one attached hydrogen (secondary N) is 2. The highest BCUT2D eigenvalue weighted by molar-refractivity contribution is 5.87. The van der Waals surface area contributed by atoms with Crippen LogP contribution < -0.4 is 14.8 Å². The van der Waals surface area contributed by atoms with Gasteiger partial charge in [0.2, 0.25) is 5.75 Å². The zero-order chi connectivity index (χ0) is 19.8. The van der Waals surface area contributed by atoms with Crippen LogP contribution in [-0.4, -0.2) is 43.4 Å². The molecule has 1 aliphatic rings. The van der Waals surface area contributed by atoms with E-state index in [1.165, 1.54) is 21.3 Å². The van der Waals surface area contributed by atoms with E-state index in [-0.39, 0.29) is 17.8 Å². The number of aromatic hydroxyl groups is 1. The highest BCUT2D eigenvalue weighted by Crippen LogP contribution is 2.42. The number of aromatic nitrogens is 1. The Hall–Kier alpha value is -3.19. The van der Waals surface area contributed by atoms with Gasteiger partial charge in [-0.1, -0.05) is 18.2 Å². The maximum atomic E-state index is 12.3. The van der Waals surface area contributed by atoms with Crippen molar-refractivity contribution in [1.29, 1.82) is 0 Å². The van der Waals surface area contributed by atoms with Gasteiger partial charge in [-0.05, 0) is 29.3 Å². The smallest absolute Gasteiger partial charge is 0.323 e. The lowest BCUT2D eigenvalue weighted by Crippen LogP contribution is -2.45. The molecule has 3 aromatic rings. The summed E-state index contributed by atoms with van der Waals surface area (Å²) in [6.45, 7) is 0. The van der Waals surface area contributed by atoms with Crippen LogP contribution in [0, 0.1) is 0 Å². The van der Waals surface area contributed by atoms with Crippen LogP contribution in [0.4, 0.5) is 0 Å². The van der Waals surface area contributed by atoms with E-state index < -0.39 is 6.04 Å². The second-order valence-corrected chi connectivity index (χ2v) is 6.72. The Morgan fingerprint density at radius 1 is 1.11 bits per heavy atom. The molecule has 28 heavy (non-hydrogen) atoms. The van der Waals surface area contributed by atoms with Gasteiger partial charge in [0.25, 0.3) is 0 Å². The molecule has 0 unspecified atom stereocenters. The van der Waals surface area contributed by atoms with Gasteiger partial charge >= 0.3 is 5.97 Å². The maximum absolute atomic E-state index is 12.3. The summed E-state index contributed by atoms with van der Waals surface area (Å²) in [5, 5.41) is 14.7. The topological polar surface area (TPSA) is 92.8 Å². The van der Waals surface area contributed by atoms with Crippen molar-refractivity contribution in [2.45, 2.75) is 18.5 Å². The van der Waals surface area contributed by atoms with Gasteiger partial charge in [-0.25, -0.2) is 0 Å². The van der Waals surface area contributed by atoms with Gasteiger partial charge in [-0.15, -0.1) is 0 Å². The number of benzene rings is 2. The average Bonchev–Trinajstić information content (AvgIpc) is 3.11. The number of para-hydroxylation sites is 1. The Kier molecular flexibility index (Phi) is 4.60. The van der Waals surface area contributed by atoms with E-state index in [0.717, 1.165) is 27.7 Å². The normalized spacial score (nSPS) is 18.5. The zero-order valence-corrected chi connectivity index (χ0v) is 15.9. The van der Waals surface area contributed by atoms with Crippen LogP contribution in [0.3, 0.4) is 0 Å². The van der Waals surface area contributed by atoms with Crippen molar-refractivity contribution >= 4 is 16.9 Å². The molecule has 0 fully saturated rings. The number of fused-ring (bicyclic) bond motifs is 3. The lowest BCUT2D eigenvalue weighted by atomic mass is 9.90. The van der Waals surface area contributed by atoms with Crippen LogP contribution >= 0.6 is 0 Å². The fourth-order valence-electron chi connectivity index (χ4n) is 3.87. The number of phenolic OH excluding ortho intramolecular Hbond substituents is 1. The van der Waals surface area contributed by atoms with Gasteiger partial charge < -0.3 is 24.3 Å². The van der Waals surface area contributed by atoms with E-state index in [2.05, 4.69) is 10.3 Å². The Balaban J connectivity index is 1.90. The molecular formula is C21H22N2O5. The molecule has 1 aromatic heterocycles. The lowest BCUT2D eigenvalue weighted by Gasteiger charge is -2.30. The molecule has 1 aliphatic heterocycles. The molecule has 146 valence electrons. The largest absolute Gasteiger partial charge is 0.502 e. The molecule has 4 rings (SSSR count). The molecule has 0 radical (unpaired) electrons. The van der Waals surface area contributed by atoms with Crippen LogP contribution in [0.1, 0.15) is 22.9 Å². The number of phenols is 1. The van der Waals surface area contributed by atoms with E-state index >= 15 is 0 Å². The first-order valence-electron chi connectivity index (χ1n) is 8.95. The van der Waals surface area contributed by atoms with Crippen LogP contribution in [0.5, 0.6) is 17.2 Å². The minimum atomic E-state index is -0.493. The first kappa shape index (κ1) is 18.2. The minimum Gasteiger partial charge on any atom is -0.502 e. The molecule has 0 aliphatic carbocycles. The monoisotopic (exact) mass is 382 g/mol. The number of hydrogen-bond acceptors (Lipinski definition) is 6. The summed E-state index contributed by atoms with van der Waals surface area (Å²) in [6.07, 6.45) is 0.523. The summed E-state index contributed by atoms with van der Waals surface area (Å²) in [5.41, 5.74) is 3.84. The third kappa shape index (κ3) is 2.84. The molecule has 2 aromatic carbocycles. The van der Waals surface area contributed by atoms with Crippen LogP contribution in [0.15, 0.2) is 36.4 Å². The summed E-state index contributed by atoms with van der Waals surface area (Å²) >= 11 is 0. The summed E-state index contributed by atoms with van der Waals surface area (Å²) in [7, 11) is 4.35. The van der Waals surface area contributed by atoms with Crippen molar-refractivity contribution in [2.24, 2.45) is 0 Å². The predicted octanol–water partition coefficient (Wildman–Crippen LogP) is 2.67. The van der Waals surface area contributed by atoms with E-state index in [0.29, 0.717) is 17.9 Å². The number of ether oxygens (including phenoxy) is 3. The number of rotatable bonds is 4. The minimum absolute atomic E-state index is 0.0639. The maximum Gasteiger partial charge on any atom is 0.323 e. The number of hydrogen-bond donors (Lipinski definition) is 3. The molecule has 7 heteroatoms. The summed E-state index contributed by atoms with van der Waals surface area (Å²) < 4.78 is 15.6. The van der Waals surface area contributed by atoms with E-state index in [4.69, 9.17) is 14.2 Å². The number of carbonyl (C=O) groups is 1. The zero-order valence-electron chi connectivity index (χ0n) is 15.9. The molecule has 0 saturated carbocycles. The number of carbonyl (C=O) groups excluding carboxylic acids is 1. The van der Waals surface area contributed by atoms with Crippen molar-refractivity contribution in [2.75, 3.05) is 21.3 Å². The quantitative estimate of drug-likeness (QED) is 0.601. The van der Waals surface area contributed by atoms with Gasteiger partial charge in [0.15, 0.2) is 11.5 Å². The van der Waals surface area contributed by atoms with E-state index in [1.54, 1.807) is 12.1 Å². The Morgan fingerprint density at radius 2 is 1.79 bits per heavy atom. The first-order valence-corrected chi connectivity index (χ1v) is 8.95. The van der Waals surface area contributed by atoms with Crippen LogP contribution in [-0.2, 0) is 16.0 Å².